The van der Waals surface area contributed by atoms with Gasteiger partial charge in [0.25, 0.3) is 5.91 Å². The Morgan fingerprint density at radius 2 is 2.06 bits per heavy atom. The van der Waals surface area contributed by atoms with Crippen molar-refractivity contribution in [3.63, 3.8) is 0 Å². The van der Waals surface area contributed by atoms with Crippen molar-refractivity contribution in [3.05, 3.63) is 62.3 Å². The van der Waals surface area contributed by atoms with Gasteiger partial charge < -0.3 is 19.3 Å². The number of halogens is 2. The van der Waals surface area contributed by atoms with E-state index in [4.69, 9.17) is 16.3 Å². The molecule has 1 fully saturated rings. The molecular weight excluding hydrogens is 439 g/mol. The largest absolute Gasteiger partial charge is 0.503 e. The van der Waals surface area contributed by atoms with E-state index < -0.39 is 34.2 Å². The normalized spacial score (nSPS) is 22.1. The molecule has 1 aliphatic heterocycles. The number of rotatable bonds is 6. The number of carbonyl (C=O) groups excluding carboxylic acids is 2. The topological polar surface area (TPSA) is 88.8 Å². The Balaban J connectivity index is 1.68. The summed E-state index contributed by atoms with van der Waals surface area (Å²) >= 11 is 5.79. The average Bonchev–Trinajstić information content (AvgIpc) is 2.73. The molecule has 9 heteroatoms. The monoisotopic (exact) mass is 462 g/mol. The maximum absolute atomic E-state index is 14.2. The summed E-state index contributed by atoms with van der Waals surface area (Å²) in [5.41, 5.74) is -1.44. The van der Waals surface area contributed by atoms with Gasteiger partial charge in [-0.15, -0.1) is 0 Å². The molecule has 1 aromatic carbocycles. The predicted octanol–water partition coefficient (Wildman–Crippen LogP) is 3.00. The first kappa shape index (κ1) is 22.5. The van der Waals surface area contributed by atoms with E-state index >= 15 is 0 Å². The average molecular weight is 463 g/mol. The summed E-state index contributed by atoms with van der Waals surface area (Å²) in [5, 5.41) is 10.6. The molecule has 0 bridgehead atoms. The molecule has 0 atom stereocenters. The van der Waals surface area contributed by atoms with E-state index in [9.17, 15) is 23.9 Å². The summed E-state index contributed by atoms with van der Waals surface area (Å²) in [6, 6.07) is 4.53. The van der Waals surface area contributed by atoms with Gasteiger partial charge in [0.15, 0.2) is 17.2 Å². The molecule has 1 saturated carbocycles. The number of hydrogen-bond acceptors (Lipinski definition) is 5. The zero-order chi connectivity index (χ0) is 23.2. The smallest absolute Gasteiger partial charge is 0.274 e. The van der Waals surface area contributed by atoms with E-state index in [2.05, 4.69) is 0 Å². The molecule has 7 nitrogen and oxygen atoms in total. The molecule has 0 unspecified atom stereocenters. The lowest BCUT2D eigenvalue weighted by Crippen LogP contribution is -2.60. The maximum atomic E-state index is 14.2. The standard InChI is InChI=1S/C23H24ClFN2O5/c1-26-12-23(8-13(9-23)11-32-2)27-10-15(20(29)21(30)19(27)22(26)31)17(28)7-6-14-4-3-5-16(24)18(14)25/h3-5,10,13,30H,6-9,11-12H2,1-2H3. The van der Waals surface area contributed by atoms with E-state index in [-0.39, 0.29) is 40.6 Å². The van der Waals surface area contributed by atoms with E-state index in [0.717, 1.165) is 0 Å². The number of nitrogens with zero attached hydrogens (tertiary/aromatic N) is 2. The van der Waals surface area contributed by atoms with Gasteiger partial charge in [-0.1, -0.05) is 23.7 Å². The van der Waals surface area contributed by atoms with E-state index in [0.29, 0.717) is 26.0 Å². The minimum atomic E-state index is -0.889. The number of pyridine rings is 1. The van der Waals surface area contributed by atoms with Crippen molar-refractivity contribution in [1.82, 2.24) is 9.47 Å². The number of ketones is 1. The third-order valence-corrected chi connectivity index (χ3v) is 6.76. The maximum Gasteiger partial charge on any atom is 0.274 e. The van der Waals surface area contributed by atoms with Crippen molar-refractivity contribution in [1.29, 1.82) is 0 Å². The SMILES string of the molecule is COCC1CC2(C1)CN(C)C(=O)c1c(O)c(=O)c(C(=O)CCc3cccc(Cl)c3F)cn12. The Morgan fingerprint density at radius 3 is 2.75 bits per heavy atom. The number of aromatic hydroxyl groups is 1. The zero-order valence-electron chi connectivity index (χ0n) is 17.9. The van der Waals surface area contributed by atoms with Crippen LogP contribution in [-0.2, 0) is 16.7 Å². The lowest BCUT2D eigenvalue weighted by Gasteiger charge is -2.54. The highest BCUT2D eigenvalue weighted by Gasteiger charge is 2.51. The second kappa shape index (κ2) is 8.33. The molecule has 170 valence electrons. The Bertz CT molecular complexity index is 1160. The van der Waals surface area contributed by atoms with Gasteiger partial charge in [0, 0.05) is 39.9 Å². The third-order valence-electron chi connectivity index (χ3n) is 6.47. The first-order chi connectivity index (χ1) is 15.2. The summed E-state index contributed by atoms with van der Waals surface area (Å²) in [5.74, 6) is -2.05. The number of ether oxygens (including phenoxy) is 1. The molecule has 0 radical (unpaired) electrons. The highest BCUT2D eigenvalue weighted by atomic mass is 35.5. The first-order valence-electron chi connectivity index (χ1n) is 10.4. The van der Waals surface area contributed by atoms with E-state index in [1.165, 1.54) is 23.2 Å². The molecule has 4 rings (SSSR count). The molecule has 2 heterocycles. The molecule has 32 heavy (non-hydrogen) atoms. The summed E-state index contributed by atoms with van der Waals surface area (Å²) in [7, 11) is 3.25. The minimum absolute atomic E-state index is 0.0402. The van der Waals surface area contributed by atoms with Gasteiger partial charge in [0.2, 0.25) is 5.43 Å². The summed E-state index contributed by atoms with van der Waals surface area (Å²) in [6.07, 6.45) is 2.68. The number of methoxy groups -OCH3 is 1. The molecule has 0 saturated heterocycles. The quantitative estimate of drug-likeness (QED) is 0.667. The van der Waals surface area contributed by atoms with Crippen LogP contribution in [0.4, 0.5) is 4.39 Å². The van der Waals surface area contributed by atoms with Crippen molar-refractivity contribution < 1.29 is 23.8 Å². The zero-order valence-corrected chi connectivity index (χ0v) is 18.6. The van der Waals surface area contributed by atoms with Crippen LogP contribution in [0.2, 0.25) is 5.02 Å². The lowest BCUT2D eigenvalue weighted by molar-refractivity contribution is -0.0190. The molecule has 1 N–H and O–H groups in total. The van der Waals surface area contributed by atoms with Gasteiger partial charge >= 0.3 is 0 Å². The Hall–Kier alpha value is -2.71. The molecule has 1 amide bonds. The van der Waals surface area contributed by atoms with Crippen molar-refractivity contribution in [2.45, 2.75) is 31.2 Å². The van der Waals surface area contributed by atoms with Crippen LogP contribution in [-0.4, -0.2) is 53.6 Å². The van der Waals surface area contributed by atoms with Crippen molar-refractivity contribution in [2.24, 2.45) is 5.92 Å². The number of Topliss-reactive ketones (excluding diaryl/α,β-unsaturated/α-hetero) is 1. The second-order valence-electron chi connectivity index (χ2n) is 8.69. The van der Waals surface area contributed by atoms with Crippen LogP contribution >= 0.6 is 11.6 Å². The van der Waals surface area contributed by atoms with Gasteiger partial charge in [0.05, 0.1) is 16.1 Å². The molecular formula is C23H24ClFN2O5. The number of aromatic nitrogens is 1. The van der Waals surface area contributed by atoms with Gasteiger partial charge in [-0.3, -0.25) is 14.4 Å². The summed E-state index contributed by atoms with van der Waals surface area (Å²) in [6.45, 7) is 0.973. The van der Waals surface area contributed by atoms with Crippen LogP contribution in [0.25, 0.3) is 0 Å². The van der Waals surface area contributed by atoms with Crippen LogP contribution in [0.15, 0.2) is 29.2 Å². The Labute approximate surface area is 189 Å². The fraction of sp³-hybridized carbons (Fsp3) is 0.435. The van der Waals surface area contributed by atoms with E-state index in [1.54, 1.807) is 24.8 Å². The summed E-state index contributed by atoms with van der Waals surface area (Å²) in [4.78, 5) is 39.9. The number of benzene rings is 1. The molecule has 2 aromatic rings. The van der Waals surface area contributed by atoms with Crippen LogP contribution in [0.5, 0.6) is 5.75 Å². The number of aryl methyl sites for hydroxylation is 1. The number of hydrogen-bond donors (Lipinski definition) is 1. The number of carbonyl (C=O) groups is 2. The van der Waals surface area contributed by atoms with E-state index in [1.807, 2.05) is 0 Å². The first-order valence-corrected chi connectivity index (χ1v) is 10.8. The fourth-order valence-electron chi connectivity index (χ4n) is 4.97. The van der Waals surface area contributed by atoms with Crippen LogP contribution in [0, 0.1) is 11.7 Å². The molecule has 1 aromatic heterocycles. The predicted molar refractivity (Wildman–Crippen MR) is 116 cm³/mol. The number of fused-ring (bicyclic) bond motifs is 2. The molecule has 2 aliphatic rings. The second-order valence-corrected chi connectivity index (χ2v) is 9.10. The van der Waals surface area contributed by atoms with Gasteiger partial charge in [-0.25, -0.2) is 4.39 Å². The van der Waals surface area contributed by atoms with Gasteiger partial charge in [-0.2, -0.15) is 0 Å². The van der Waals surface area contributed by atoms with Crippen LogP contribution in [0.3, 0.4) is 0 Å². The minimum Gasteiger partial charge on any atom is -0.503 e. The van der Waals surface area contributed by atoms with Gasteiger partial charge in [-0.05, 0) is 36.8 Å². The lowest BCUT2D eigenvalue weighted by atomic mass is 9.67. The number of likely N-dealkylation sites (N-methyl/N-ethyl adjacent to an activating group) is 1. The summed E-state index contributed by atoms with van der Waals surface area (Å²) < 4.78 is 21.0. The third kappa shape index (κ3) is 3.61. The van der Waals surface area contributed by atoms with Gasteiger partial charge in [0.1, 0.15) is 5.82 Å². The Kier molecular flexibility index (Phi) is 5.85. The van der Waals surface area contributed by atoms with Crippen molar-refractivity contribution >= 4 is 23.3 Å². The van der Waals surface area contributed by atoms with Crippen molar-refractivity contribution in [3.8, 4) is 5.75 Å². The molecule has 1 aliphatic carbocycles. The fourth-order valence-corrected chi connectivity index (χ4v) is 5.16. The highest BCUT2D eigenvalue weighted by Crippen LogP contribution is 2.48. The van der Waals surface area contributed by atoms with Crippen molar-refractivity contribution in [2.75, 3.05) is 27.3 Å². The molecule has 1 spiro atoms. The van der Waals surface area contributed by atoms with Crippen LogP contribution < -0.4 is 5.43 Å². The highest BCUT2D eigenvalue weighted by molar-refractivity contribution is 6.30. The van der Waals surface area contributed by atoms with Crippen LogP contribution in [0.1, 0.15) is 45.7 Å². The Morgan fingerprint density at radius 1 is 1.34 bits per heavy atom. The number of amides is 1.